The van der Waals surface area contributed by atoms with E-state index in [-0.39, 0.29) is 11.4 Å². The molecule has 3 nitrogen and oxygen atoms in total. The van der Waals surface area contributed by atoms with Gasteiger partial charge in [-0.1, -0.05) is 12.1 Å². The summed E-state index contributed by atoms with van der Waals surface area (Å²) in [6.45, 7) is 1.79. The van der Waals surface area contributed by atoms with E-state index in [2.05, 4.69) is 5.32 Å². The molecular formula is C13H18FNO2. The maximum Gasteiger partial charge on any atom is 0.165 e. The van der Waals surface area contributed by atoms with E-state index in [0.717, 1.165) is 25.9 Å². The average Bonchev–Trinajstić information content (AvgIpc) is 2.36. The van der Waals surface area contributed by atoms with E-state index in [1.165, 1.54) is 6.07 Å². The molecule has 1 aliphatic heterocycles. The number of phenols is 1. The highest BCUT2D eigenvalue weighted by atomic mass is 19.1. The fourth-order valence-corrected chi connectivity index (χ4v) is 2.39. The first-order valence-electron chi connectivity index (χ1n) is 5.89. The highest BCUT2D eigenvalue weighted by molar-refractivity contribution is 5.34. The Labute approximate surface area is 101 Å². The number of hydrogen-bond donors (Lipinski definition) is 2. The molecule has 1 fully saturated rings. The highest BCUT2D eigenvalue weighted by Crippen LogP contribution is 2.31. The Morgan fingerprint density at radius 3 is 2.76 bits per heavy atom. The first-order valence-corrected chi connectivity index (χ1v) is 5.89. The monoisotopic (exact) mass is 239 g/mol. The van der Waals surface area contributed by atoms with Gasteiger partial charge in [0.2, 0.25) is 0 Å². The lowest BCUT2D eigenvalue weighted by molar-refractivity contribution is -0.0337. The van der Waals surface area contributed by atoms with Crippen molar-refractivity contribution < 1.29 is 14.2 Å². The molecule has 0 saturated carbocycles. The molecule has 1 heterocycles. The standard InChI is InChI=1S/C13H18FNO2/c1-17-13(5-7-15-8-6-13)9-10-3-2-4-11(14)12(10)16/h2-4,15-16H,5-9H2,1H3. The third-order valence-electron chi connectivity index (χ3n) is 3.53. The summed E-state index contributed by atoms with van der Waals surface area (Å²) < 4.78 is 18.9. The zero-order valence-electron chi connectivity index (χ0n) is 10.0. The number of phenolic OH excluding ortho intramolecular Hbond substituents is 1. The summed E-state index contributed by atoms with van der Waals surface area (Å²) in [7, 11) is 1.68. The molecule has 0 spiro atoms. The van der Waals surface area contributed by atoms with Gasteiger partial charge in [-0.05, 0) is 37.6 Å². The number of benzene rings is 1. The molecule has 0 atom stereocenters. The fraction of sp³-hybridized carbons (Fsp3) is 0.538. The Morgan fingerprint density at radius 1 is 1.41 bits per heavy atom. The maximum atomic E-state index is 13.3. The van der Waals surface area contributed by atoms with Gasteiger partial charge in [-0.25, -0.2) is 4.39 Å². The van der Waals surface area contributed by atoms with Crippen molar-refractivity contribution in [1.82, 2.24) is 5.32 Å². The first kappa shape index (κ1) is 12.3. The lowest BCUT2D eigenvalue weighted by atomic mass is 9.85. The van der Waals surface area contributed by atoms with Crippen molar-refractivity contribution in [3.8, 4) is 5.75 Å². The molecule has 1 saturated heterocycles. The molecule has 1 aliphatic rings. The molecule has 94 valence electrons. The van der Waals surface area contributed by atoms with E-state index in [0.29, 0.717) is 12.0 Å². The van der Waals surface area contributed by atoms with Crippen molar-refractivity contribution in [1.29, 1.82) is 0 Å². The zero-order valence-corrected chi connectivity index (χ0v) is 10.0. The Morgan fingerprint density at radius 2 is 2.12 bits per heavy atom. The minimum Gasteiger partial charge on any atom is -0.505 e. The van der Waals surface area contributed by atoms with Crippen molar-refractivity contribution in [2.75, 3.05) is 20.2 Å². The number of para-hydroxylation sites is 1. The summed E-state index contributed by atoms with van der Waals surface area (Å²) in [6.07, 6.45) is 2.30. The quantitative estimate of drug-likeness (QED) is 0.845. The highest BCUT2D eigenvalue weighted by Gasteiger charge is 2.33. The second-order valence-electron chi connectivity index (χ2n) is 4.56. The van der Waals surface area contributed by atoms with E-state index < -0.39 is 5.82 Å². The molecule has 1 aromatic carbocycles. The van der Waals surface area contributed by atoms with Crippen LogP contribution in [0.15, 0.2) is 18.2 Å². The second-order valence-corrected chi connectivity index (χ2v) is 4.56. The van der Waals surface area contributed by atoms with Crippen molar-refractivity contribution in [2.24, 2.45) is 0 Å². The summed E-state index contributed by atoms with van der Waals surface area (Å²) in [5.41, 5.74) is 0.338. The molecule has 2 N–H and O–H groups in total. The molecule has 17 heavy (non-hydrogen) atoms. The van der Waals surface area contributed by atoms with Crippen LogP contribution in [0.1, 0.15) is 18.4 Å². The minimum absolute atomic E-state index is 0.248. The maximum absolute atomic E-state index is 13.3. The number of hydrogen-bond acceptors (Lipinski definition) is 3. The molecule has 0 bridgehead atoms. The van der Waals surface area contributed by atoms with Crippen LogP contribution in [0, 0.1) is 5.82 Å². The second kappa shape index (κ2) is 5.02. The molecule has 4 heteroatoms. The number of methoxy groups -OCH3 is 1. The molecule has 2 rings (SSSR count). The largest absolute Gasteiger partial charge is 0.505 e. The summed E-state index contributed by atoms with van der Waals surface area (Å²) in [6, 6.07) is 4.64. The predicted molar refractivity (Wildman–Crippen MR) is 63.6 cm³/mol. The Balaban J connectivity index is 2.20. The average molecular weight is 239 g/mol. The zero-order chi connectivity index (χ0) is 12.3. The molecule has 0 aliphatic carbocycles. The van der Waals surface area contributed by atoms with Gasteiger partial charge in [0.05, 0.1) is 5.60 Å². The van der Waals surface area contributed by atoms with Gasteiger partial charge in [0.25, 0.3) is 0 Å². The minimum atomic E-state index is -0.567. The lowest BCUT2D eigenvalue weighted by Crippen LogP contribution is -2.45. The predicted octanol–water partition coefficient (Wildman–Crippen LogP) is 1.84. The van der Waals surface area contributed by atoms with Crippen molar-refractivity contribution in [2.45, 2.75) is 24.9 Å². The van der Waals surface area contributed by atoms with Gasteiger partial charge in [0.15, 0.2) is 11.6 Å². The number of halogens is 1. The Hall–Kier alpha value is -1.13. The number of piperidine rings is 1. The molecule has 0 unspecified atom stereocenters. The van der Waals surface area contributed by atoms with Crippen LogP contribution in [-0.2, 0) is 11.2 Å². The lowest BCUT2D eigenvalue weighted by Gasteiger charge is -2.36. The van der Waals surface area contributed by atoms with E-state index in [9.17, 15) is 9.50 Å². The van der Waals surface area contributed by atoms with E-state index in [1.807, 2.05) is 0 Å². The van der Waals surface area contributed by atoms with Gasteiger partial charge in [-0.15, -0.1) is 0 Å². The van der Waals surface area contributed by atoms with E-state index in [4.69, 9.17) is 4.74 Å². The molecule has 0 aromatic heterocycles. The van der Waals surface area contributed by atoms with Crippen molar-refractivity contribution in [3.05, 3.63) is 29.6 Å². The Bertz CT molecular complexity index is 389. The fourth-order valence-electron chi connectivity index (χ4n) is 2.39. The summed E-state index contributed by atoms with van der Waals surface area (Å²) in [4.78, 5) is 0. The van der Waals surface area contributed by atoms with Crippen LogP contribution in [0.25, 0.3) is 0 Å². The molecule has 1 aromatic rings. The van der Waals surface area contributed by atoms with Crippen LogP contribution in [0.3, 0.4) is 0 Å². The normalized spacial score (nSPS) is 19.2. The van der Waals surface area contributed by atoms with Crippen LogP contribution in [0.2, 0.25) is 0 Å². The SMILES string of the molecule is COC1(Cc2cccc(F)c2O)CCNCC1. The van der Waals surface area contributed by atoms with Gasteiger partial charge >= 0.3 is 0 Å². The Kier molecular flexibility index (Phi) is 3.64. The van der Waals surface area contributed by atoms with Crippen LogP contribution < -0.4 is 5.32 Å². The third-order valence-corrected chi connectivity index (χ3v) is 3.53. The van der Waals surface area contributed by atoms with Gasteiger partial charge in [-0.2, -0.15) is 0 Å². The number of nitrogens with one attached hydrogen (secondary N) is 1. The van der Waals surface area contributed by atoms with E-state index >= 15 is 0 Å². The van der Waals surface area contributed by atoms with Crippen LogP contribution in [-0.4, -0.2) is 30.9 Å². The molecule has 0 amide bonds. The van der Waals surface area contributed by atoms with Crippen LogP contribution >= 0.6 is 0 Å². The summed E-state index contributed by atoms with van der Waals surface area (Å²) in [5, 5.41) is 13.0. The van der Waals surface area contributed by atoms with Gasteiger partial charge in [-0.3, -0.25) is 0 Å². The van der Waals surface area contributed by atoms with Crippen LogP contribution in [0.5, 0.6) is 5.75 Å². The van der Waals surface area contributed by atoms with Crippen molar-refractivity contribution in [3.63, 3.8) is 0 Å². The molecular weight excluding hydrogens is 221 g/mol. The van der Waals surface area contributed by atoms with Crippen LogP contribution in [0.4, 0.5) is 4.39 Å². The topological polar surface area (TPSA) is 41.5 Å². The smallest absolute Gasteiger partial charge is 0.165 e. The number of ether oxygens (including phenoxy) is 1. The van der Waals surface area contributed by atoms with Gasteiger partial charge in [0, 0.05) is 13.5 Å². The van der Waals surface area contributed by atoms with Gasteiger partial charge in [0.1, 0.15) is 0 Å². The summed E-state index contributed by atoms with van der Waals surface area (Å²) in [5.74, 6) is -0.815. The first-order chi connectivity index (χ1) is 8.17. The summed E-state index contributed by atoms with van der Waals surface area (Å²) >= 11 is 0. The number of rotatable bonds is 3. The molecule has 0 radical (unpaired) electrons. The number of aromatic hydroxyl groups is 1. The third kappa shape index (κ3) is 2.58. The van der Waals surface area contributed by atoms with E-state index in [1.54, 1.807) is 19.2 Å². The van der Waals surface area contributed by atoms with Crippen molar-refractivity contribution >= 4 is 0 Å². The van der Waals surface area contributed by atoms with Gasteiger partial charge < -0.3 is 15.2 Å².